The molecule has 0 bridgehead atoms. The van der Waals surface area contributed by atoms with E-state index in [0.29, 0.717) is 38.9 Å². The Morgan fingerprint density at radius 1 is 1.00 bits per heavy atom. The summed E-state index contributed by atoms with van der Waals surface area (Å²) in [7, 11) is 0. The van der Waals surface area contributed by atoms with Gasteiger partial charge >= 0.3 is 0 Å². The summed E-state index contributed by atoms with van der Waals surface area (Å²) in [6.07, 6.45) is 1.41. The summed E-state index contributed by atoms with van der Waals surface area (Å²) in [5, 5.41) is 10.8. The van der Waals surface area contributed by atoms with E-state index in [1.165, 1.54) is 0 Å². The molecular formula is C16H27F2N3O3. The Labute approximate surface area is 141 Å². The van der Waals surface area contributed by atoms with Crippen LogP contribution in [0.4, 0.5) is 8.78 Å². The van der Waals surface area contributed by atoms with Crippen LogP contribution in [0.3, 0.4) is 0 Å². The molecule has 3 N–H and O–H groups in total. The highest BCUT2D eigenvalue weighted by Crippen LogP contribution is 2.30. The Morgan fingerprint density at radius 2 is 1.67 bits per heavy atom. The number of nitrogens with two attached hydrogens (primary N) is 1. The second-order valence-corrected chi connectivity index (χ2v) is 7.06. The smallest absolute Gasteiger partial charge is 0.250 e. The maximum Gasteiger partial charge on any atom is 0.250 e. The van der Waals surface area contributed by atoms with Gasteiger partial charge in [0.05, 0.1) is 5.60 Å². The highest BCUT2D eigenvalue weighted by atomic mass is 19.3. The van der Waals surface area contributed by atoms with Crippen molar-refractivity contribution in [2.45, 2.75) is 56.5 Å². The first-order chi connectivity index (χ1) is 11.2. The summed E-state index contributed by atoms with van der Waals surface area (Å²) in [6, 6.07) is 0. The van der Waals surface area contributed by atoms with Gasteiger partial charge in [-0.25, -0.2) is 8.78 Å². The third kappa shape index (κ3) is 5.66. The topological polar surface area (TPSA) is 86.9 Å². The molecule has 2 heterocycles. The van der Waals surface area contributed by atoms with E-state index in [4.69, 9.17) is 5.73 Å². The Kier molecular flexibility index (Phi) is 6.14. The Morgan fingerprint density at radius 3 is 2.29 bits per heavy atom. The predicted octanol–water partition coefficient (Wildman–Crippen LogP) is 0.727. The molecule has 0 spiro atoms. The molecule has 2 saturated heterocycles. The average Bonchev–Trinajstić information content (AvgIpc) is 2.69. The van der Waals surface area contributed by atoms with Gasteiger partial charge in [0.1, 0.15) is 0 Å². The van der Waals surface area contributed by atoms with Crippen LogP contribution < -0.4 is 5.73 Å². The number of aliphatic hydroxyl groups is 1. The SMILES string of the molecule is NC(=O)CCC(=O)N1CCC[C@](O)(CN2CCC(F)(F)CC2)CC1. The van der Waals surface area contributed by atoms with Gasteiger partial charge < -0.3 is 20.6 Å². The molecule has 0 unspecified atom stereocenters. The largest absolute Gasteiger partial charge is 0.388 e. The van der Waals surface area contributed by atoms with Crippen molar-refractivity contribution >= 4 is 11.8 Å². The van der Waals surface area contributed by atoms with Crippen molar-refractivity contribution in [3.05, 3.63) is 0 Å². The molecule has 0 aromatic heterocycles. The number of hydrogen-bond donors (Lipinski definition) is 2. The number of nitrogens with zero attached hydrogens (tertiary/aromatic N) is 2. The first-order valence-corrected chi connectivity index (χ1v) is 8.58. The number of carbonyl (C=O) groups is 2. The minimum absolute atomic E-state index is 0.0294. The Bertz CT molecular complexity index is 465. The lowest BCUT2D eigenvalue weighted by Gasteiger charge is -2.37. The molecule has 0 saturated carbocycles. The van der Waals surface area contributed by atoms with Crippen LogP contribution in [0.2, 0.25) is 0 Å². The molecule has 0 aromatic rings. The molecule has 1 atom stereocenters. The fraction of sp³-hybridized carbons (Fsp3) is 0.875. The number of amides is 2. The van der Waals surface area contributed by atoms with Gasteiger partial charge in [0.15, 0.2) is 0 Å². The van der Waals surface area contributed by atoms with E-state index in [0.717, 1.165) is 0 Å². The number of alkyl halides is 2. The van der Waals surface area contributed by atoms with Crippen LogP contribution in [0.1, 0.15) is 44.9 Å². The van der Waals surface area contributed by atoms with Gasteiger partial charge in [-0.2, -0.15) is 0 Å². The molecule has 138 valence electrons. The number of halogens is 2. The Balaban J connectivity index is 1.82. The standard InChI is InChI=1S/C16H27F2N3O3/c17-16(18)6-9-20(10-7-16)12-15(24)4-1-8-21(11-5-15)14(23)3-2-13(19)22/h24H,1-12H2,(H2,19,22)/t15-/m1/s1. The van der Waals surface area contributed by atoms with E-state index < -0.39 is 17.4 Å². The third-order valence-corrected chi connectivity index (χ3v) is 4.96. The number of carbonyl (C=O) groups excluding carboxylic acids is 2. The summed E-state index contributed by atoms with van der Waals surface area (Å²) in [5.41, 5.74) is 4.11. The minimum atomic E-state index is -2.59. The van der Waals surface area contributed by atoms with Gasteiger partial charge in [-0.05, 0) is 19.3 Å². The van der Waals surface area contributed by atoms with Crippen LogP contribution >= 0.6 is 0 Å². The normalized spacial score (nSPS) is 28.4. The first kappa shape index (κ1) is 19.1. The molecule has 2 rings (SSSR count). The van der Waals surface area contributed by atoms with E-state index in [1.807, 2.05) is 4.90 Å². The van der Waals surface area contributed by atoms with Gasteiger partial charge in [0, 0.05) is 58.4 Å². The van der Waals surface area contributed by atoms with Crippen molar-refractivity contribution in [1.29, 1.82) is 0 Å². The number of likely N-dealkylation sites (tertiary alicyclic amines) is 2. The number of primary amides is 1. The second kappa shape index (κ2) is 7.74. The van der Waals surface area contributed by atoms with Gasteiger partial charge in [0.25, 0.3) is 5.92 Å². The molecule has 24 heavy (non-hydrogen) atoms. The highest BCUT2D eigenvalue weighted by molar-refractivity contribution is 5.82. The van der Waals surface area contributed by atoms with Crippen LogP contribution in [-0.2, 0) is 9.59 Å². The molecule has 2 fully saturated rings. The Hall–Kier alpha value is -1.28. The van der Waals surface area contributed by atoms with Crippen LogP contribution in [0.15, 0.2) is 0 Å². The molecule has 6 nitrogen and oxygen atoms in total. The molecule has 2 aliphatic heterocycles. The van der Waals surface area contributed by atoms with E-state index in [1.54, 1.807) is 4.90 Å². The van der Waals surface area contributed by atoms with Gasteiger partial charge in [-0.3, -0.25) is 9.59 Å². The van der Waals surface area contributed by atoms with Gasteiger partial charge in [0.2, 0.25) is 11.8 Å². The maximum atomic E-state index is 13.2. The fourth-order valence-corrected chi connectivity index (χ4v) is 3.43. The lowest BCUT2D eigenvalue weighted by atomic mass is 9.93. The summed E-state index contributed by atoms with van der Waals surface area (Å²) >= 11 is 0. The summed E-state index contributed by atoms with van der Waals surface area (Å²) in [6.45, 7) is 1.90. The predicted molar refractivity (Wildman–Crippen MR) is 84.4 cm³/mol. The molecule has 0 aliphatic carbocycles. The molecule has 8 heteroatoms. The van der Waals surface area contributed by atoms with E-state index in [2.05, 4.69) is 0 Å². The number of rotatable bonds is 5. The van der Waals surface area contributed by atoms with Gasteiger partial charge in [-0.15, -0.1) is 0 Å². The third-order valence-electron chi connectivity index (χ3n) is 4.96. The molecular weight excluding hydrogens is 320 g/mol. The first-order valence-electron chi connectivity index (χ1n) is 8.58. The average molecular weight is 347 g/mol. The highest BCUT2D eigenvalue weighted by Gasteiger charge is 2.38. The summed E-state index contributed by atoms with van der Waals surface area (Å²) in [4.78, 5) is 26.4. The van der Waals surface area contributed by atoms with Crippen molar-refractivity contribution in [3.63, 3.8) is 0 Å². The van der Waals surface area contributed by atoms with Crippen LogP contribution in [0.5, 0.6) is 0 Å². The summed E-state index contributed by atoms with van der Waals surface area (Å²) in [5.74, 6) is -3.22. The van der Waals surface area contributed by atoms with Crippen molar-refractivity contribution in [3.8, 4) is 0 Å². The van der Waals surface area contributed by atoms with Crippen molar-refractivity contribution < 1.29 is 23.5 Å². The van der Waals surface area contributed by atoms with Crippen molar-refractivity contribution in [2.24, 2.45) is 5.73 Å². The zero-order valence-corrected chi connectivity index (χ0v) is 14.0. The molecule has 2 amide bonds. The van der Waals surface area contributed by atoms with Crippen LogP contribution in [0, 0.1) is 0 Å². The lowest BCUT2D eigenvalue weighted by molar-refractivity contribution is -0.133. The maximum absolute atomic E-state index is 13.2. The quantitative estimate of drug-likeness (QED) is 0.767. The lowest BCUT2D eigenvalue weighted by Crippen LogP contribution is -2.48. The van der Waals surface area contributed by atoms with E-state index in [9.17, 15) is 23.5 Å². The van der Waals surface area contributed by atoms with Crippen LogP contribution in [-0.4, -0.2) is 71.0 Å². The number of piperidine rings is 1. The van der Waals surface area contributed by atoms with Crippen molar-refractivity contribution in [2.75, 3.05) is 32.7 Å². The van der Waals surface area contributed by atoms with E-state index >= 15 is 0 Å². The molecule has 0 aromatic carbocycles. The minimum Gasteiger partial charge on any atom is -0.388 e. The monoisotopic (exact) mass is 347 g/mol. The summed E-state index contributed by atoms with van der Waals surface area (Å²) < 4.78 is 26.4. The molecule has 0 radical (unpaired) electrons. The number of hydrogen-bond acceptors (Lipinski definition) is 4. The van der Waals surface area contributed by atoms with Crippen molar-refractivity contribution in [1.82, 2.24) is 9.80 Å². The van der Waals surface area contributed by atoms with E-state index in [-0.39, 0.29) is 44.7 Å². The number of β-amino-alcohol motifs (C(OH)–C–C–N with tert-alkyl or cyclic N) is 1. The fourth-order valence-electron chi connectivity index (χ4n) is 3.43. The molecule has 2 aliphatic rings. The van der Waals surface area contributed by atoms with Gasteiger partial charge in [-0.1, -0.05) is 0 Å². The van der Waals surface area contributed by atoms with Crippen LogP contribution in [0.25, 0.3) is 0 Å². The zero-order valence-electron chi connectivity index (χ0n) is 14.0. The zero-order chi connectivity index (χ0) is 17.8. The second-order valence-electron chi connectivity index (χ2n) is 7.06.